The Kier molecular flexibility index (Phi) is 4.03. The summed E-state index contributed by atoms with van der Waals surface area (Å²) >= 11 is 1.53. The lowest BCUT2D eigenvalue weighted by molar-refractivity contribution is 0.0950. The minimum atomic E-state index is -0.111. The molecule has 0 saturated heterocycles. The van der Waals surface area contributed by atoms with Crippen LogP contribution >= 0.6 is 11.3 Å². The molecule has 25 heavy (non-hydrogen) atoms. The lowest BCUT2D eigenvalue weighted by Crippen LogP contribution is -2.22. The zero-order valence-corrected chi connectivity index (χ0v) is 14.5. The number of carbonyl (C=O) groups is 1. The number of nitrogens with zero attached hydrogens (tertiary/aromatic N) is 3. The highest BCUT2D eigenvalue weighted by atomic mass is 32.1. The third-order valence-corrected chi connectivity index (χ3v) is 4.72. The quantitative estimate of drug-likeness (QED) is 0.612. The van der Waals surface area contributed by atoms with E-state index < -0.39 is 0 Å². The van der Waals surface area contributed by atoms with Crippen LogP contribution in [0.1, 0.15) is 21.1 Å². The molecule has 0 spiro atoms. The van der Waals surface area contributed by atoms with E-state index in [1.165, 1.54) is 11.3 Å². The number of imidazole rings is 1. The Morgan fingerprint density at radius 2 is 1.80 bits per heavy atom. The predicted molar refractivity (Wildman–Crippen MR) is 98.6 cm³/mol. The predicted octanol–water partition coefficient (Wildman–Crippen LogP) is 3.70. The van der Waals surface area contributed by atoms with E-state index in [1.807, 2.05) is 55.6 Å². The third-order valence-electron chi connectivity index (χ3n) is 3.88. The van der Waals surface area contributed by atoms with Crippen molar-refractivity contribution in [3.8, 4) is 11.1 Å². The van der Waals surface area contributed by atoms with Crippen molar-refractivity contribution in [1.82, 2.24) is 19.9 Å². The minimum absolute atomic E-state index is 0.111. The Hall–Kier alpha value is -2.99. The van der Waals surface area contributed by atoms with Crippen molar-refractivity contribution in [1.29, 1.82) is 0 Å². The van der Waals surface area contributed by atoms with Gasteiger partial charge in [0.25, 0.3) is 5.91 Å². The smallest absolute Gasteiger partial charge is 0.251 e. The maximum Gasteiger partial charge on any atom is 0.251 e. The van der Waals surface area contributed by atoms with E-state index in [-0.39, 0.29) is 5.91 Å². The van der Waals surface area contributed by atoms with Crippen LogP contribution in [0.15, 0.2) is 60.8 Å². The molecule has 2 heterocycles. The Morgan fingerprint density at radius 3 is 2.52 bits per heavy atom. The fourth-order valence-corrected chi connectivity index (χ4v) is 3.39. The van der Waals surface area contributed by atoms with Crippen LogP contribution in [0.5, 0.6) is 0 Å². The van der Waals surface area contributed by atoms with Gasteiger partial charge in [0.1, 0.15) is 5.01 Å². The molecule has 0 atom stereocenters. The monoisotopic (exact) mass is 348 g/mol. The van der Waals surface area contributed by atoms with E-state index in [0.717, 1.165) is 26.8 Å². The fourth-order valence-electron chi connectivity index (χ4n) is 2.65. The van der Waals surface area contributed by atoms with Crippen LogP contribution in [-0.2, 0) is 6.54 Å². The molecule has 0 aliphatic carbocycles. The number of benzene rings is 2. The molecule has 2 aromatic carbocycles. The molecular formula is C19H16N4OS. The number of amides is 1. The average Bonchev–Trinajstić information content (AvgIpc) is 3.17. The highest BCUT2D eigenvalue weighted by molar-refractivity contribution is 7.16. The summed E-state index contributed by atoms with van der Waals surface area (Å²) in [5.74, 6) is -0.111. The first-order valence-corrected chi connectivity index (χ1v) is 8.76. The molecule has 0 aliphatic rings. The zero-order valence-electron chi connectivity index (χ0n) is 13.6. The van der Waals surface area contributed by atoms with Gasteiger partial charge in [0.15, 0.2) is 0 Å². The van der Waals surface area contributed by atoms with Gasteiger partial charge in [0.05, 0.1) is 18.4 Å². The van der Waals surface area contributed by atoms with Crippen molar-refractivity contribution in [3.63, 3.8) is 0 Å². The third kappa shape index (κ3) is 3.29. The Bertz CT molecular complexity index is 987. The average molecular weight is 348 g/mol. The Morgan fingerprint density at radius 1 is 1.08 bits per heavy atom. The minimum Gasteiger partial charge on any atom is -0.346 e. The maximum atomic E-state index is 12.3. The molecule has 5 nitrogen and oxygen atoms in total. The van der Waals surface area contributed by atoms with Gasteiger partial charge in [-0.3, -0.25) is 4.79 Å². The van der Waals surface area contributed by atoms with Crippen LogP contribution in [0.25, 0.3) is 16.1 Å². The highest BCUT2D eigenvalue weighted by Gasteiger charge is 2.09. The van der Waals surface area contributed by atoms with E-state index in [9.17, 15) is 4.79 Å². The van der Waals surface area contributed by atoms with Crippen LogP contribution in [0.4, 0.5) is 0 Å². The molecule has 0 aliphatic heterocycles. The molecule has 1 amide bonds. The van der Waals surface area contributed by atoms with E-state index in [0.29, 0.717) is 12.1 Å². The SMILES string of the molecule is Cc1nn2cc(CNC(=O)c3ccc(-c4ccccc4)cc3)nc2s1. The van der Waals surface area contributed by atoms with Crippen molar-refractivity contribution in [2.75, 3.05) is 0 Å². The fraction of sp³-hybridized carbons (Fsp3) is 0.105. The van der Waals surface area contributed by atoms with Gasteiger partial charge in [-0.05, 0) is 30.2 Å². The van der Waals surface area contributed by atoms with E-state index in [1.54, 1.807) is 4.52 Å². The van der Waals surface area contributed by atoms with Crippen molar-refractivity contribution in [2.24, 2.45) is 0 Å². The van der Waals surface area contributed by atoms with Gasteiger partial charge in [0.2, 0.25) is 4.96 Å². The van der Waals surface area contributed by atoms with Crippen molar-refractivity contribution in [2.45, 2.75) is 13.5 Å². The molecule has 4 rings (SSSR count). The molecule has 0 saturated carbocycles. The van der Waals surface area contributed by atoms with E-state index in [4.69, 9.17) is 0 Å². The number of hydrogen-bond donors (Lipinski definition) is 1. The summed E-state index contributed by atoms with van der Waals surface area (Å²) in [5, 5.41) is 8.19. The van der Waals surface area contributed by atoms with Gasteiger partial charge in [-0.2, -0.15) is 5.10 Å². The van der Waals surface area contributed by atoms with Crippen LogP contribution in [-0.4, -0.2) is 20.5 Å². The van der Waals surface area contributed by atoms with Crippen LogP contribution in [0.2, 0.25) is 0 Å². The molecule has 6 heteroatoms. The molecule has 2 aromatic heterocycles. The number of fused-ring (bicyclic) bond motifs is 1. The second-order valence-corrected chi connectivity index (χ2v) is 6.87. The molecule has 0 fully saturated rings. The number of aryl methyl sites for hydroxylation is 1. The summed E-state index contributed by atoms with van der Waals surface area (Å²) in [6, 6.07) is 17.7. The number of hydrogen-bond acceptors (Lipinski definition) is 4. The molecule has 124 valence electrons. The normalized spacial score (nSPS) is 10.9. The Labute approximate surface area is 149 Å². The topological polar surface area (TPSA) is 59.3 Å². The summed E-state index contributed by atoms with van der Waals surface area (Å²) in [4.78, 5) is 17.6. The highest BCUT2D eigenvalue weighted by Crippen LogP contribution is 2.19. The van der Waals surface area contributed by atoms with Crippen LogP contribution in [0.3, 0.4) is 0 Å². The molecule has 0 unspecified atom stereocenters. The Balaban J connectivity index is 1.43. The molecular weight excluding hydrogens is 332 g/mol. The van der Waals surface area contributed by atoms with E-state index >= 15 is 0 Å². The summed E-state index contributed by atoms with van der Waals surface area (Å²) in [6.07, 6.45) is 1.84. The molecule has 1 N–H and O–H groups in total. The lowest BCUT2D eigenvalue weighted by Gasteiger charge is -2.05. The number of aromatic nitrogens is 3. The van der Waals surface area contributed by atoms with Gasteiger partial charge in [-0.25, -0.2) is 9.50 Å². The standard InChI is InChI=1S/C19H16N4OS/c1-13-22-23-12-17(21-19(23)25-13)11-20-18(24)16-9-7-15(8-10-16)14-5-3-2-4-6-14/h2-10,12H,11H2,1H3,(H,20,24). The van der Waals surface area contributed by atoms with Crippen molar-refractivity contribution in [3.05, 3.63) is 77.1 Å². The summed E-state index contributed by atoms with van der Waals surface area (Å²) in [5.41, 5.74) is 3.66. The van der Waals surface area contributed by atoms with E-state index in [2.05, 4.69) is 27.5 Å². The van der Waals surface area contributed by atoms with Gasteiger partial charge >= 0.3 is 0 Å². The number of nitrogens with one attached hydrogen (secondary N) is 1. The second kappa shape index (κ2) is 6.49. The first kappa shape index (κ1) is 15.5. The second-order valence-electron chi connectivity index (χ2n) is 5.71. The summed E-state index contributed by atoms with van der Waals surface area (Å²) < 4.78 is 1.75. The van der Waals surface area contributed by atoms with Gasteiger partial charge < -0.3 is 5.32 Å². The maximum absolute atomic E-state index is 12.3. The summed E-state index contributed by atoms with van der Waals surface area (Å²) in [6.45, 7) is 2.33. The number of carbonyl (C=O) groups excluding carboxylic acids is 1. The van der Waals surface area contributed by atoms with Gasteiger partial charge in [0, 0.05) is 5.56 Å². The summed E-state index contributed by atoms with van der Waals surface area (Å²) in [7, 11) is 0. The molecule has 4 aromatic rings. The first-order valence-electron chi connectivity index (χ1n) is 7.94. The number of rotatable bonds is 4. The molecule has 0 bridgehead atoms. The largest absolute Gasteiger partial charge is 0.346 e. The van der Waals surface area contributed by atoms with Crippen molar-refractivity contribution >= 4 is 22.2 Å². The first-order chi connectivity index (χ1) is 12.2. The lowest BCUT2D eigenvalue weighted by atomic mass is 10.0. The van der Waals surface area contributed by atoms with Gasteiger partial charge in [-0.15, -0.1) is 0 Å². The zero-order chi connectivity index (χ0) is 17.2. The van der Waals surface area contributed by atoms with Crippen molar-refractivity contribution < 1.29 is 4.79 Å². The van der Waals surface area contributed by atoms with Crippen LogP contribution in [0, 0.1) is 6.92 Å². The molecule has 0 radical (unpaired) electrons. The van der Waals surface area contributed by atoms with Crippen LogP contribution < -0.4 is 5.32 Å². The van der Waals surface area contributed by atoms with Gasteiger partial charge in [-0.1, -0.05) is 53.8 Å².